The summed E-state index contributed by atoms with van der Waals surface area (Å²) in [5.41, 5.74) is 2.08. The first-order valence-electron chi connectivity index (χ1n) is 5.88. The Bertz CT molecular complexity index is 230. The van der Waals surface area contributed by atoms with Crippen LogP contribution in [0.15, 0.2) is 11.6 Å². The van der Waals surface area contributed by atoms with Crippen molar-refractivity contribution in [2.75, 3.05) is 7.05 Å². The summed E-state index contributed by atoms with van der Waals surface area (Å²) in [6.07, 6.45) is 7.99. The van der Waals surface area contributed by atoms with Gasteiger partial charge in [0.05, 0.1) is 0 Å². The summed E-state index contributed by atoms with van der Waals surface area (Å²) < 4.78 is 0. The molecule has 0 amide bonds. The zero-order chi connectivity index (χ0) is 10.3. The third-order valence-electron chi connectivity index (χ3n) is 3.62. The number of rotatable bonds is 0. The fourth-order valence-corrected chi connectivity index (χ4v) is 3.00. The van der Waals surface area contributed by atoms with Crippen LogP contribution in [0, 0.1) is 5.41 Å². The molecule has 80 valence electrons. The minimum atomic E-state index is 0.366. The van der Waals surface area contributed by atoms with Gasteiger partial charge in [-0.1, -0.05) is 32.4 Å². The third-order valence-corrected chi connectivity index (χ3v) is 3.62. The van der Waals surface area contributed by atoms with Gasteiger partial charge in [0.25, 0.3) is 0 Å². The summed E-state index contributed by atoms with van der Waals surface area (Å²) in [4.78, 5) is 2.60. The average molecular weight is 193 g/mol. The van der Waals surface area contributed by atoms with Crippen LogP contribution in [0.25, 0.3) is 0 Å². The number of nitrogens with zero attached hydrogens (tertiary/aromatic N) is 1. The van der Waals surface area contributed by atoms with Crippen molar-refractivity contribution >= 4 is 0 Å². The number of allylic oxidation sites excluding steroid dienone is 1. The van der Waals surface area contributed by atoms with Crippen molar-refractivity contribution in [3.8, 4) is 0 Å². The van der Waals surface area contributed by atoms with E-state index in [1.807, 2.05) is 0 Å². The van der Waals surface area contributed by atoms with Crippen molar-refractivity contribution in [3.05, 3.63) is 11.6 Å². The van der Waals surface area contributed by atoms with E-state index in [9.17, 15) is 0 Å². The molecule has 2 unspecified atom stereocenters. The van der Waals surface area contributed by atoms with Gasteiger partial charge in [-0.25, -0.2) is 0 Å². The molecule has 0 aromatic heterocycles. The number of piperidine rings is 1. The Hall–Kier alpha value is -0.300. The molecule has 14 heavy (non-hydrogen) atoms. The Labute approximate surface area is 88.2 Å². The SMILES string of the molecule is CN1C2CCC1CC(=CC(C)(C)C)C2. The van der Waals surface area contributed by atoms with E-state index in [0.717, 1.165) is 12.1 Å². The molecule has 2 saturated heterocycles. The van der Waals surface area contributed by atoms with Crippen molar-refractivity contribution in [1.82, 2.24) is 4.90 Å². The second kappa shape index (κ2) is 3.37. The van der Waals surface area contributed by atoms with Crippen LogP contribution in [0.5, 0.6) is 0 Å². The quantitative estimate of drug-likeness (QED) is 0.534. The molecule has 0 spiro atoms. The van der Waals surface area contributed by atoms with E-state index >= 15 is 0 Å². The first kappa shape index (κ1) is 10.2. The summed E-state index contributed by atoms with van der Waals surface area (Å²) in [5, 5.41) is 0. The van der Waals surface area contributed by atoms with Gasteiger partial charge in [0.2, 0.25) is 0 Å². The Morgan fingerprint density at radius 3 is 2.07 bits per heavy atom. The minimum absolute atomic E-state index is 0.366. The van der Waals surface area contributed by atoms with Gasteiger partial charge in [0, 0.05) is 12.1 Å². The molecule has 1 nitrogen and oxygen atoms in total. The van der Waals surface area contributed by atoms with Crippen molar-refractivity contribution in [3.63, 3.8) is 0 Å². The fraction of sp³-hybridized carbons (Fsp3) is 0.846. The topological polar surface area (TPSA) is 3.24 Å². The lowest BCUT2D eigenvalue weighted by molar-refractivity contribution is 0.208. The normalized spacial score (nSPS) is 33.6. The molecular formula is C13H23N. The highest BCUT2D eigenvalue weighted by molar-refractivity contribution is 5.16. The van der Waals surface area contributed by atoms with E-state index in [0.29, 0.717) is 5.41 Å². The maximum Gasteiger partial charge on any atom is 0.0133 e. The summed E-state index contributed by atoms with van der Waals surface area (Å²) in [7, 11) is 2.30. The van der Waals surface area contributed by atoms with Gasteiger partial charge in [-0.05, 0) is 38.1 Å². The number of hydrogen-bond donors (Lipinski definition) is 0. The van der Waals surface area contributed by atoms with Gasteiger partial charge in [0.15, 0.2) is 0 Å². The summed E-state index contributed by atoms with van der Waals surface area (Å²) in [6.45, 7) is 6.92. The van der Waals surface area contributed by atoms with Gasteiger partial charge in [0.1, 0.15) is 0 Å². The van der Waals surface area contributed by atoms with E-state index in [2.05, 4.69) is 38.8 Å². The van der Waals surface area contributed by atoms with Crippen LogP contribution < -0.4 is 0 Å². The van der Waals surface area contributed by atoms with Crippen molar-refractivity contribution in [2.24, 2.45) is 5.41 Å². The van der Waals surface area contributed by atoms with Gasteiger partial charge in [-0.15, -0.1) is 0 Å². The van der Waals surface area contributed by atoms with Crippen LogP contribution in [0.1, 0.15) is 46.5 Å². The zero-order valence-electron chi connectivity index (χ0n) is 10.0. The Morgan fingerprint density at radius 1 is 1.14 bits per heavy atom. The highest BCUT2D eigenvalue weighted by atomic mass is 15.2. The van der Waals surface area contributed by atoms with E-state index in [1.165, 1.54) is 25.7 Å². The molecule has 0 saturated carbocycles. The lowest BCUT2D eigenvalue weighted by atomic mass is 9.88. The average Bonchev–Trinajstić information content (AvgIpc) is 2.32. The largest absolute Gasteiger partial charge is 0.300 e. The van der Waals surface area contributed by atoms with Crippen LogP contribution in [0.3, 0.4) is 0 Å². The third kappa shape index (κ3) is 2.03. The highest BCUT2D eigenvalue weighted by Gasteiger charge is 2.35. The minimum Gasteiger partial charge on any atom is -0.300 e. The van der Waals surface area contributed by atoms with Crippen LogP contribution in [-0.2, 0) is 0 Å². The van der Waals surface area contributed by atoms with Crippen molar-refractivity contribution < 1.29 is 0 Å². The standard InChI is InChI=1S/C13H23N/c1-13(2,3)9-10-7-11-5-6-12(8-10)14(11)4/h9,11-12H,5-8H2,1-4H3. The van der Waals surface area contributed by atoms with Crippen LogP contribution in [0.4, 0.5) is 0 Å². The molecule has 1 heteroatoms. The molecule has 0 aliphatic carbocycles. The van der Waals surface area contributed by atoms with E-state index in [-0.39, 0.29) is 0 Å². The fourth-order valence-electron chi connectivity index (χ4n) is 3.00. The molecule has 2 rings (SSSR count). The molecule has 2 fully saturated rings. The molecule has 0 radical (unpaired) electrons. The second-order valence-electron chi connectivity index (χ2n) is 6.13. The molecule has 2 atom stereocenters. The lowest BCUT2D eigenvalue weighted by Gasteiger charge is -2.33. The first-order chi connectivity index (χ1) is 6.46. The van der Waals surface area contributed by atoms with Crippen LogP contribution in [-0.4, -0.2) is 24.0 Å². The predicted molar refractivity (Wildman–Crippen MR) is 61.3 cm³/mol. The summed E-state index contributed by atoms with van der Waals surface area (Å²) in [6, 6.07) is 1.70. The molecule has 0 aromatic rings. The molecular weight excluding hydrogens is 170 g/mol. The monoisotopic (exact) mass is 193 g/mol. The lowest BCUT2D eigenvalue weighted by Crippen LogP contribution is -2.37. The van der Waals surface area contributed by atoms with Crippen molar-refractivity contribution in [2.45, 2.75) is 58.5 Å². The molecule has 2 bridgehead atoms. The smallest absolute Gasteiger partial charge is 0.0133 e. The van der Waals surface area contributed by atoms with E-state index < -0.39 is 0 Å². The molecule has 2 aliphatic rings. The zero-order valence-corrected chi connectivity index (χ0v) is 10.0. The summed E-state index contributed by atoms with van der Waals surface area (Å²) in [5.74, 6) is 0. The van der Waals surface area contributed by atoms with Gasteiger partial charge in [-0.2, -0.15) is 0 Å². The summed E-state index contributed by atoms with van der Waals surface area (Å²) >= 11 is 0. The van der Waals surface area contributed by atoms with E-state index in [1.54, 1.807) is 5.57 Å². The molecule has 0 aromatic carbocycles. The Balaban J connectivity index is 2.10. The van der Waals surface area contributed by atoms with Crippen LogP contribution in [0.2, 0.25) is 0 Å². The Morgan fingerprint density at radius 2 is 1.64 bits per heavy atom. The highest BCUT2D eigenvalue weighted by Crippen LogP contribution is 2.38. The molecule has 2 heterocycles. The first-order valence-corrected chi connectivity index (χ1v) is 5.88. The van der Waals surface area contributed by atoms with Gasteiger partial charge < -0.3 is 0 Å². The maximum absolute atomic E-state index is 2.60. The van der Waals surface area contributed by atoms with Gasteiger partial charge in [-0.3, -0.25) is 4.90 Å². The van der Waals surface area contributed by atoms with Gasteiger partial charge >= 0.3 is 0 Å². The second-order valence-corrected chi connectivity index (χ2v) is 6.13. The Kier molecular flexibility index (Phi) is 2.46. The number of fused-ring (bicyclic) bond motifs is 2. The van der Waals surface area contributed by atoms with Crippen LogP contribution >= 0.6 is 0 Å². The number of hydrogen-bond acceptors (Lipinski definition) is 1. The maximum atomic E-state index is 2.60. The van der Waals surface area contributed by atoms with E-state index in [4.69, 9.17) is 0 Å². The van der Waals surface area contributed by atoms with Crippen molar-refractivity contribution in [1.29, 1.82) is 0 Å². The molecule has 0 N–H and O–H groups in total. The predicted octanol–water partition coefficient (Wildman–Crippen LogP) is 3.22. The molecule has 2 aliphatic heterocycles.